The van der Waals surface area contributed by atoms with Crippen molar-refractivity contribution in [1.82, 2.24) is 0 Å². The molecule has 0 saturated carbocycles. The lowest BCUT2D eigenvalue weighted by Gasteiger charge is -2.31. The van der Waals surface area contributed by atoms with E-state index >= 15 is 0 Å². The number of sulfonamides is 1. The van der Waals surface area contributed by atoms with E-state index in [1.807, 2.05) is 6.07 Å². The first-order valence-corrected chi connectivity index (χ1v) is 8.90. The number of halogens is 1. The van der Waals surface area contributed by atoms with Crippen LogP contribution in [0.25, 0.3) is 0 Å². The van der Waals surface area contributed by atoms with Crippen LogP contribution in [0.3, 0.4) is 0 Å². The van der Waals surface area contributed by atoms with E-state index in [0.717, 1.165) is 18.4 Å². The molecule has 0 saturated heterocycles. The number of hydrogen-bond donors (Lipinski definition) is 1. The van der Waals surface area contributed by atoms with Gasteiger partial charge >= 0.3 is 0 Å². The zero-order chi connectivity index (χ0) is 15.9. The molecule has 1 aliphatic rings. The minimum absolute atomic E-state index is 0.246. The van der Waals surface area contributed by atoms with Crippen LogP contribution in [0.4, 0.5) is 11.4 Å². The first-order chi connectivity index (χ1) is 10.4. The van der Waals surface area contributed by atoms with Gasteiger partial charge in [-0.05, 0) is 55.2 Å². The second kappa shape index (κ2) is 5.48. The van der Waals surface area contributed by atoms with Gasteiger partial charge in [0.2, 0.25) is 0 Å². The molecule has 0 aliphatic carbocycles. The maximum Gasteiger partial charge on any atom is 0.264 e. The Labute approximate surface area is 135 Å². The molecule has 0 amide bonds. The Kier molecular flexibility index (Phi) is 3.78. The number of benzene rings is 2. The first-order valence-electron chi connectivity index (χ1n) is 7.08. The highest BCUT2D eigenvalue weighted by Crippen LogP contribution is 2.36. The highest BCUT2D eigenvalue weighted by molar-refractivity contribution is 7.92. The van der Waals surface area contributed by atoms with Crippen LogP contribution < -0.4 is 10.0 Å². The maximum atomic E-state index is 13.1. The van der Waals surface area contributed by atoms with E-state index in [9.17, 15) is 8.42 Å². The van der Waals surface area contributed by atoms with Gasteiger partial charge in [0, 0.05) is 17.3 Å². The van der Waals surface area contributed by atoms with Crippen LogP contribution >= 0.6 is 11.6 Å². The van der Waals surface area contributed by atoms with Crippen molar-refractivity contribution in [3.63, 3.8) is 0 Å². The normalized spacial score (nSPS) is 14.7. The topological polar surface area (TPSA) is 63.4 Å². The molecule has 0 atom stereocenters. The molecule has 6 heteroatoms. The van der Waals surface area contributed by atoms with Crippen molar-refractivity contribution in [2.45, 2.75) is 24.7 Å². The molecule has 0 unspecified atom stereocenters. The fraction of sp³-hybridized carbons (Fsp3) is 0.250. The summed E-state index contributed by atoms with van der Waals surface area (Å²) in [6.07, 6.45) is 1.54. The van der Waals surface area contributed by atoms with Crippen LogP contribution in [0.5, 0.6) is 0 Å². The van der Waals surface area contributed by atoms with Gasteiger partial charge in [0.25, 0.3) is 10.0 Å². The summed E-state index contributed by atoms with van der Waals surface area (Å²) < 4.78 is 27.6. The smallest absolute Gasteiger partial charge is 0.264 e. The lowest BCUT2D eigenvalue weighted by atomic mass is 10.0. The molecular formula is C16H17ClN2O2S. The summed E-state index contributed by atoms with van der Waals surface area (Å²) in [6, 6.07) is 10.3. The van der Waals surface area contributed by atoms with Crippen LogP contribution in [-0.4, -0.2) is 15.0 Å². The summed E-state index contributed by atoms with van der Waals surface area (Å²) in [6.45, 7) is 2.17. The quantitative estimate of drug-likeness (QED) is 0.855. The summed E-state index contributed by atoms with van der Waals surface area (Å²) in [5.41, 5.74) is 8.78. The highest BCUT2D eigenvalue weighted by Gasteiger charge is 2.31. The zero-order valence-corrected chi connectivity index (χ0v) is 13.8. The molecule has 4 nitrogen and oxygen atoms in total. The maximum absolute atomic E-state index is 13.1. The molecular weight excluding hydrogens is 320 g/mol. The van der Waals surface area contributed by atoms with Gasteiger partial charge in [-0.3, -0.25) is 4.31 Å². The standard InChI is InChI=1S/C16H17ClN2O2S/c1-11-13(17)6-2-9-16(11)22(20,21)19-10-4-5-12-14(18)7-3-8-15(12)19/h2-3,6-9H,4-5,10,18H2,1H3. The third-order valence-corrected chi connectivity index (χ3v) is 6.40. The lowest BCUT2D eigenvalue weighted by molar-refractivity contribution is 0.586. The Morgan fingerprint density at radius 2 is 1.91 bits per heavy atom. The van der Waals surface area contributed by atoms with E-state index < -0.39 is 10.0 Å². The van der Waals surface area contributed by atoms with E-state index in [-0.39, 0.29) is 4.90 Å². The van der Waals surface area contributed by atoms with Crippen LogP contribution in [0.1, 0.15) is 17.5 Å². The third-order valence-electron chi connectivity index (χ3n) is 4.03. The molecule has 2 aromatic carbocycles. The van der Waals surface area contributed by atoms with Crippen LogP contribution in [0.15, 0.2) is 41.3 Å². The van der Waals surface area contributed by atoms with Gasteiger partial charge in [-0.25, -0.2) is 8.42 Å². The van der Waals surface area contributed by atoms with E-state index in [1.54, 1.807) is 37.3 Å². The number of anilines is 2. The average Bonchev–Trinajstić information content (AvgIpc) is 2.50. The predicted molar refractivity (Wildman–Crippen MR) is 89.9 cm³/mol. The Bertz CT molecular complexity index is 834. The highest BCUT2D eigenvalue weighted by atomic mass is 35.5. The van der Waals surface area contributed by atoms with Gasteiger partial charge in [0.15, 0.2) is 0 Å². The molecule has 116 valence electrons. The molecule has 0 radical (unpaired) electrons. The molecule has 0 fully saturated rings. The second-order valence-electron chi connectivity index (χ2n) is 5.39. The minimum atomic E-state index is -3.65. The van der Waals surface area contributed by atoms with Gasteiger partial charge in [-0.1, -0.05) is 23.7 Å². The number of nitrogens with two attached hydrogens (primary N) is 1. The molecule has 0 aromatic heterocycles. The SMILES string of the molecule is Cc1c(Cl)cccc1S(=O)(=O)N1CCCc2c(N)cccc21. The Morgan fingerprint density at radius 3 is 2.68 bits per heavy atom. The second-order valence-corrected chi connectivity index (χ2v) is 7.63. The predicted octanol–water partition coefficient (Wildman–Crippen LogP) is 3.37. The van der Waals surface area contributed by atoms with Gasteiger partial charge in [-0.15, -0.1) is 0 Å². The summed E-state index contributed by atoms with van der Waals surface area (Å²) in [4.78, 5) is 0.246. The minimum Gasteiger partial charge on any atom is -0.398 e. The number of nitrogen functional groups attached to an aromatic ring is 1. The number of nitrogens with zero attached hydrogens (tertiary/aromatic N) is 1. The van der Waals surface area contributed by atoms with Crippen molar-refractivity contribution in [1.29, 1.82) is 0 Å². The van der Waals surface area contributed by atoms with Crippen molar-refractivity contribution < 1.29 is 8.42 Å². The summed E-state index contributed by atoms with van der Waals surface area (Å²) in [5.74, 6) is 0. The Hall–Kier alpha value is -1.72. The molecule has 2 aromatic rings. The van der Waals surface area contributed by atoms with Crippen molar-refractivity contribution in [2.24, 2.45) is 0 Å². The van der Waals surface area contributed by atoms with E-state index in [4.69, 9.17) is 17.3 Å². The lowest BCUT2D eigenvalue weighted by Crippen LogP contribution is -2.36. The molecule has 2 N–H and O–H groups in total. The van der Waals surface area contributed by atoms with Crippen molar-refractivity contribution in [2.75, 3.05) is 16.6 Å². The monoisotopic (exact) mass is 336 g/mol. The molecule has 1 heterocycles. The van der Waals surface area contributed by atoms with Crippen LogP contribution in [0, 0.1) is 6.92 Å². The fourth-order valence-electron chi connectivity index (χ4n) is 2.85. The Balaban J connectivity index is 2.16. The van der Waals surface area contributed by atoms with E-state index in [2.05, 4.69) is 0 Å². The van der Waals surface area contributed by atoms with Gasteiger partial charge in [0.1, 0.15) is 0 Å². The fourth-order valence-corrected chi connectivity index (χ4v) is 4.87. The summed E-state index contributed by atoms with van der Waals surface area (Å²) >= 11 is 6.08. The van der Waals surface area contributed by atoms with Crippen LogP contribution in [-0.2, 0) is 16.4 Å². The van der Waals surface area contributed by atoms with Crippen molar-refractivity contribution in [3.05, 3.63) is 52.5 Å². The zero-order valence-electron chi connectivity index (χ0n) is 12.2. The van der Waals surface area contributed by atoms with E-state index in [1.165, 1.54) is 4.31 Å². The van der Waals surface area contributed by atoms with Gasteiger partial charge < -0.3 is 5.73 Å². The average molecular weight is 337 g/mol. The van der Waals surface area contributed by atoms with Crippen LogP contribution in [0.2, 0.25) is 5.02 Å². The van der Waals surface area contributed by atoms with Crippen molar-refractivity contribution >= 4 is 33.0 Å². The third kappa shape index (κ3) is 2.34. The van der Waals surface area contributed by atoms with Gasteiger partial charge in [0.05, 0.1) is 10.6 Å². The molecule has 3 rings (SSSR count). The molecule has 0 bridgehead atoms. The molecule has 22 heavy (non-hydrogen) atoms. The summed E-state index contributed by atoms with van der Waals surface area (Å²) in [5, 5.41) is 0.450. The molecule has 1 aliphatic heterocycles. The largest absolute Gasteiger partial charge is 0.398 e. The van der Waals surface area contributed by atoms with Gasteiger partial charge in [-0.2, -0.15) is 0 Å². The van der Waals surface area contributed by atoms with Crippen molar-refractivity contribution in [3.8, 4) is 0 Å². The number of hydrogen-bond acceptors (Lipinski definition) is 3. The first kappa shape index (κ1) is 15.2. The number of fused-ring (bicyclic) bond motifs is 1. The Morgan fingerprint density at radius 1 is 1.18 bits per heavy atom. The molecule has 0 spiro atoms. The van der Waals surface area contributed by atoms with E-state index in [0.29, 0.717) is 28.5 Å². The number of rotatable bonds is 2. The summed E-state index contributed by atoms with van der Waals surface area (Å²) in [7, 11) is -3.65.